The van der Waals surface area contributed by atoms with Gasteiger partial charge in [-0.3, -0.25) is 5.41 Å². The number of aromatic amines is 1. The van der Waals surface area contributed by atoms with Crippen molar-refractivity contribution in [1.29, 1.82) is 5.41 Å². The smallest absolute Gasteiger partial charge is 0.141 e. The number of fused-ring (bicyclic) bond motifs is 1. The summed E-state index contributed by atoms with van der Waals surface area (Å²) in [7, 11) is 0. The molecular weight excluding hydrogens is 292 g/mol. The van der Waals surface area contributed by atoms with Crippen molar-refractivity contribution >= 4 is 28.3 Å². The second kappa shape index (κ2) is 5.60. The molecule has 2 aromatic heterocycles. The highest BCUT2D eigenvalue weighted by molar-refractivity contribution is 6.16. The Labute approximate surface area is 133 Å². The Bertz CT molecular complexity index is 883. The van der Waals surface area contributed by atoms with Crippen LogP contribution in [0.15, 0.2) is 30.6 Å². The van der Waals surface area contributed by atoms with E-state index in [1.54, 1.807) is 24.3 Å². The number of hydrogen-bond donors (Lipinski definition) is 5. The first-order valence-corrected chi connectivity index (χ1v) is 7.23. The van der Waals surface area contributed by atoms with E-state index < -0.39 is 0 Å². The molecule has 0 saturated carbocycles. The number of H-pyrrole nitrogens is 1. The first kappa shape index (κ1) is 14.8. The van der Waals surface area contributed by atoms with Gasteiger partial charge >= 0.3 is 0 Å². The van der Waals surface area contributed by atoms with Crippen LogP contribution in [0.25, 0.3) is 10.9 Å². The van der Waals surface area contributed by atoms with Crippen LogP contribution >= 0.6 is 0 Å². The first-order valence-electron chi connectivity index (χ1n) is 7.23. The molecule has 1 aromatic carbocycles. The fourth-order valence-corrected chi connectivity index (χ4v) is 2.42. The molecule has 7 nitrogen and oxygen atoms in total. The van der Waals surface area contributed by atoms with E-state index in [-0.39, 0.29) is 23.3 Å². The lowest BCUT2D eigenvalue weighted by atomic mass is 10.1. The van der Waals surface area contributed by atoms with Gasteiger partial charge in [0.05, 0.1) is 17.0 Å². The molecule has 0 bridgehead atoms. The van der Waals surface area contributed by atoms with Gasteiger partial charge in [0.15, 0.2) is 0 Å². The van der Waals surface area contributed by atoms with Crippen LogP contribution in [0.1, 0.15) is 25.1 Å². The number of phenols is 1. The maximum Gasteiger partial charge on any atom is 0.141 e. The highest BCUT2D eigenvalue weighted by Crippen LogP contribution is 2.25. The minimum atomic E-state index is 0.149. The van der Waals surface area contributed by atoms with E-state index in [1.165, 1.54) is 6.33 Å². The Hall–Kier alpha value is -3.09. The van der Waals surface area contributed by atoms with Crippen molar-refractivity contribution in [2.45, 2.75) is 19.9 Å². The molecule has 0 aliphatic rings. The van der Waals surface area contributed by atoms with Crippen LogP contribution in [0.5, 0.6) is 5.75 Å². The summed E-state index contributed by atoms with van der Waals surface area (Å²) < 4.78 is 0. The summed E-state index contributed by atoms with van der Waals surface area (Å²) in [5.41, 5.74) is 8.03. The predicted octanol–water partition coefficient (Wildman–Crippen LogP) is 2.48. The molecule has 7 heteroatoms. The maximum atomic E-state index is 9.56. The van der Waals surface area contributed by atoms with Crippen molar-refractivity contribution in [2.24, 2.45) is 0 Å². The summed E-state index contributed by atoms with van der Waals surface area (Å²) in [5.74, 6) is 0.952. The van der Waals surface area contributed by atoms with Crippen LogP contribution in [-0.4, -0.2) is 31.8 Å². The van der Waals surface area contributed by atoms with Gasteiger partial charge in [0, 0.05) is 16.9 Å². The van der Waals surface area contributed by atoms with Crippen LogP contribution in [0, 0.1) is 5.41 Å². The van der Waals surface area contributed by atoms with E-state index >= 15 is 0 Å². The van der Waals surface area contributed by atoms with Gasteiger partial charge in [-0.25, -0.2) is 9.97 Å². The Morgan fingerprint density at radius 3 is 2.83 bits per heavy atom. The minimum absolute atomic E-state index is 0.149. The van der Waals surface area contributed by atoms with Gasteiger partial charge in [-0.1, -0.05) is 0 Å². The minimum Gasteiger partial charge on any atom is -0.508 e. The second-order valence-corrected chi connectivity index (χ2v) is 5.61. The number of anilines is 2. The van der Waals surface area contributed by atoms with Crippen LogP contribution in [0.3, 0.4) is 0 Å². The van der Waals surface area contributed by atoms with E-state index in [0.29, 0.717) is 17.1 Å². The average molecular weight is 310 g/mol. The molecule has 2 heterocycles. The quantitative estimate of drug-likeness (QED) is 0.474. The lowest BCUT2D eigenvalue weighted by Gasteiger charge is -2.14. The summed E-state index contributed by atoms with van der Waals surface area (Å²) in [4.78, 5) is 11.3. The Balaban J connectivity index is 2.08. The zero-order valence-corrected chi connectivity index (χ0v) is 12.9. The van der Waals surface area contributed by atoms with Gasteiger partial charge in [0.2, 0.25) is 0 Å². The molecule has 118 valence electrons. The average Bonchev–Trinajstić information content (AvgIpc) is 2.89. The number of rotatable bonds is 4. The summed E-state index contributed by atoms with van der Waals surface area (Å²) >= 11 is 0. The Morgan fingerprint density at radius 2 is 2.09 bits per heavy atom. The number of nitrogens with one attached hydrogen (secondary N) is 3. The normalized spacial score (nSPS) is 11.1. The molecule has 3 aromatic rings. The molecule has 0 atom stereocenters. The van der Waals surface area contributed by atoms with Crippen LogP contribution in [0.2, 0.25) is 0 Å². The van der Waals surface area contributed by atoms with Gasteiger partial charge < -0.3 is 21.1 Å². The van der Waals surface area contributed by atoms with Gasteiger partial charge in [0.1, 0.15) is 23.7 Å². The number of nitrogens with zero attached hydrogens (tertiary/aromatic N) is 2. The molecule has 0 unspecified atom stereocenters. The van der Waals surface area contributed by atoms with Gasteiger partial charge in [-0.2, -0.15) is 0 Å². The lowest BCUT2D eigenvalue weighted by molar-refractivity contribution is 0.476. The maximum absolute atomic E-state index is 9.56. The van der Waals surface area contributed by atoms with Crippen molar-refractivity contribution in [2.75, 3.05) is 11.1 Å². The van der Waals surface area contributed by atoms with E-state index in [9.17, 15) is 5.11 Å². The zero-order chi connectivity index (χ0) is 16.6. The van der Waals surface area contributed by atoms with Crippen molar-refractivity contribution < 1.29 is 5.11 Å². The second-order valence-electron chi connectivity index (χ2n) is 5.61. The fourth-order valence-electron chi connectivity index (χ4n) is 2.42. The molecule has 0 saturated heterocycles. The molecule has 0 radical (unpaired) electrons. The fraction of sp³-hybridized carbons (Fsp3) is 0.188. The van der Waals surface area contributed by atoms with Crippen LogP contribution < -0.4 is 11.1 Å². The van der Waals surface area contributed by atoms with Crippen molar-refractivity contribution in [3.8, 4) is 5.75 Å². The molecular formula is C16H18N6O. The monoisotopic (exact) mass is 310 g/mol. The first-order chi connectivity index (χ1) is 11.0. The number of nitrogen functional groups attached to an aromatic ring is 1. The molecule has 23 heavy (non-hydrogen) atoms. The highest BCUT2D eigenvalue weighted by atomic mass is 16.3. The molecule has 3 rings (SSSR count). The Morgan fingerprint density at radius 1 is 1.30 bits per heavy atom. The van der Waals surface area contributed by atoms with E-state index in [0.717, 1.165) is 10.9 Å². The number of nitrogens with two attached hydrogens (primary N) is 1. The van der Waals surface area contributed by atoms with Crippen LogP contribution in [0.4, 0.5) is 11.6 Å². The standard InChI is InChI=1S/C16H18N6O/c1-8(2)21-16-13(15(18)19-7-20-16)14(17)12-6-9-5-10(23)3-4-11(9)22-12/h3-8,17,22-23H,1-2H3,(H3,18,19,20,21). The summed E-state index contributed by atoms with van der Waals surface area (Å²) in [6.07, 6.45) is 1.38. The van der Waals surface area contributed by atoms with Crippen molar-refractivity contribution in [3.05, 3.63) is 41.9 Å². The van der Waals surface area contributed by atoms with Gasteiger partial charge in [-0.05, 0) is 38.1 Å². The van der Waals surface area contributed by atoms with E-state index in [1.807, 2.05) is 13.8 Å². The van der Waals surface area contributed by atoms with Crippen molar-refractivity contribution in [3.63, 3.8) is 0 Å². The van der Waals surface area contributed by atoms with Gasteiger partial charge in [0.25, 0.3) is 0 Å². The number of phenolic OH excluding ortho intramolecular Hbond substituents is 1. The molecule has 0 amide bonds. The number of benzene rings is 1. The SMILES string of the molecule is CC(C)Nc1ncnc(N)c1C(=N)c1cc2cc(O)ccc2[nH]1. The zero-order valence-electron chi connectivity index (χ0n) is 12.9. The molecule has 0 fully saturated rings. The third-order valence-electron chi connectivity index (χ3n) is 3.43. The third kappa shape index (κ3) is 2.80. The molecule has 0 aliphatic carbocycles. The van der Waals surface area contributed by atoms with Crippen molar-refractivity contribution in [1.82, 2.24) is 15.0 Å². The number of hydrogen-bond acceptors (Lipinski definition) is 6. The number of aromatic hydroxyl groups is 1. The lowest BCUT2D eigenvalue weighted by Crippen LogP contribution is -2.18. The van der Waals surface area contributed by atoms with E-state index in [2.05, 4.69) is 20.3 Å². The summed E-state index contributed by atoms with van der Waals surface area (Å²) in [5, 5.41) is 22.1. The number of aromatic nitrogens is 3. The summed E-state index contributed by atoms with van der Waals surface area (Å²) in [6.45, 7) is 3.97. The topological polar surface area (TPSA) is 124 Å². The summed E-state index contributed by atoms with van der Waals surface area (Å²) in [6, 6.07) is 6.94. The highest BCUT2D eigenvalue weighted by Gasteiger charge is 2.18. The molecule has 0 spiro atoms. The van der Waals surface area contributed by atoms with Gasteiger partial charge in [-0.15, -0.1) is 0 Å². The Kier molecular flexibility index (Phi) is 3.61. The largest absolute Gasteiger partial charge is 0.508 e. The molecule has 6 N–H and O–H groups in total. The van der Waals surface area contributed by atoms with E-state index in [4.69, 9.17) is 11.1 Å². The van der Waals surface area contributed by atoms with Crippen LogP contribution in [-0.2, 0) is 0 Å². The molecule has 0 aliphatic heterocycles. The third-order valence-corrected chi connectivity index (χ3v) is 3.43. The predicted molar refractivity (Wildman–Crippen MR) is 91.1 cm³/mol.